The highest BCUT2D eigenvalue weighted by molar-refractivity contribution is 7.91. The lowest BCUT2D eigenvalue weighted by Crippen LogP contribution is -2.48. The van der Waals surface area contributed by atoms with Gasteiger partial charge in [-0.2, -0.15) is 4.31 Å². The fraction of sp³-hybridized carbons (Fsp3) is 0.500. The van der Waals surface area contributed by atoms with Gasteiger partial charge in [-0.3, -0.25) is 4.79 Å². The molecule has 8 heteroatoms. The maximum absolute atomic E-state index is 12.9. The second-order valence-corrected chi connectivity index (χ2v) is 11.2. The summed E-state index contributed by atoms with van der Waals surface area (Å²) in [6, 6.07) is 13.7. The molecule has 2 aliphatic rings. The summed E-state index contributed by atoms with van der Waals surface area (Å²) in [6.07, 6.45) is 2.87. The van der Waals surface area contributed by atoms with Crippen LogP contribution < -0.4 is 5.32 Å². The van der Waals surface area contributed by atoms with Crippen molar-refractivity contribution in [1.82, 2.24) is 9.62 Å². The number of piperidine rings is 1. The number of carbonyl (C=O) groups is 1. The Kier molecular flexibility index (Phi) is 6.57. The van der Waals surface area contributed by atoms with Crippen molar-refractivity contribution in [2.75, 3.05) is 32.8 Å². The molecular weight excluding hydrogens is 420 g/mol. The van der Waals surface area contributed by atoms with Gasteiger partial charge < -0.3 is 10.1 Å². The quantitative estimate of drug-likeness (QED) is 0.737. The van der Waals surface area contributed by atoms with Gasteiger partial charge in [0.05, 0.1) is 0 Å². The van der Waals surface area contributed by atoms with Gasteiger partial charge in [-0.05, 0) is 42.7 Å². The monoisotopic (exact) mass is 448 g/mol. The van der Waals surface area contributed by atoms with E-state index in [1.165, 1.54) is 21.2 Å². The van der Waals surface area contributed by atoms with E-state index in [0.717, 1.165) is 12.8 Å². The van der Waals surface area contributed by atoms with Gasteiger partial charge in [0.25, 0.3) is 10.0 Å². The topological polar surface area (TPSA) is 75.7 Å². The Hall–Kier alpha value is -1.74. The molecule has 3 heterocycles. The Bertz CT molecular complexity index is 931. The van der Waals surface area contributed by atoms with E-state index >= 15 is 0 Å². The molecule has 0 radical (unpaired) electrons. The van der Waals surface area contributed by atoms with Gasteiger partial charge in [0.1, 0.15) is 4.21 Å². The first-order valence-corrected chi connectivity index (χ1v) is 12.8. The van der Waals surface area contributed by atoms with Crippen LogP contribution in [0, 0.1) is 5.92 Å². The van der Waals surface area contributed by atoms with Crippen molar-refractivity contribution in [1.29, 1.82) is 0 Å². The fourth-order valence-electron chi connectivity index (χ4n) is 4.42. The molecule has 0 bridgehead atoms. The number of benzene rings is 1. The summed E-state index contributed by atoms with van der Waals surface area (Å²) in [5, 5.41) is 4.95. The maximum Gasteiger partial charge on any atom is 0.252 e. The zero-order valence-corrected chi connectivity index (χ0v) is 18.6. The van der Waals surface area contributed by atoms with Crippen molar-refractivity contribution in [3.8, 4) is 0 Å². The molecule has 2 saturated heterocycles. The normalized spacial score (nSPS) is 20.7. The molecule has 0 atom stereocenters. The number of amides is 1. The van der Waals surface area contributed by atoms with Crippen molar-refractivity contribution >= 4 is 27.3 Å². The van der Waals surface area contributed by atoms with E-state index in [1.54, 1.807) is 17.5 Å². The number of carbonyl (C=O) groups excluding carboxylic acids is 1. The van der Waals surface area contributed by atoms with Crippen molar-refractivity contribution in [3.63, 3.8) is 0 Å². The lowest BCUT2D eigenvalue weighted by atomic mass is 9.74. The zero-order valence-electron chi connectivity index (χ0n) is 17.0. The predicted molar refractivity (Wildman–Crippen MR) is 117 cm³/mol. The summed E-state index contributed by atoms with van der Waals surface area (Å²) in [6.45, 7) is 2.76. The van der Waals surface area contributed by atoms with E-state index < -0.39 is 10.0 Å². The van der Waals surface area contributed by atoms with Gasteiger partial charge in [0.2, 0.25) is 5.91 Å². The van der Waals surface area contributed by atoms with E-state index in [4.69, 9.17) is 4.74 Å². The first-order valence-electron chi connectivity index (χ1n) is 10.5. The summed E-state index contributed by atoms with van der Waals surface area (Å²) in [4.78, 5) is 12.9. The molecule has 30 heavy (non-hydrogen) atoms. The number of sulfonamides is 1. The van der Waals surface area contributed by atoms with Crippen LogP contribution in [-0.4, -0.2) is 51.5 Å². The third kappa shape index (κ3) is 4.46. The van der Waals surface area contributed by atoms with Gasteiger partial charge in [-0.15, -0.1) is 11.3 Å². The Labute approximate surface area is 182 Å². The molecule has 2 fully saturated rings. The van der Waals surface area contributed by atoms with Crippen LogP contribution in [0.1, 0.15) is 31.2 Å². The minimum absolute atomic E-state index is 0.0324. The smallest absolute Gasteiger partial charge is 0.252 e. The standard InChI is InChI=1S/C22H28N2O4S2/c25-21(18-8-12-24(13-9-18)30(26,27)20-7-4-16-29-20)23-17-22(10-14-28-15-11-22)19-5-2-1-3-6-19/h1-7,16,18H,8-15,17H2,(H,23,25). The van der Waals surface area contributed by atoms with Gasteiger partial charge in [0.15, 0.2) is 0 Å². The van der Waals surface area contributed by atoms with Crippen molar-refractivity contribution in [2.24, 2.45) is 5.92 Å². The Morgan fingerprint density at radius 2 is 1.80 bits per heavy atom. The number of nitrogens with one attached hydrogen (secondary N) is 1. The largest absolute Gasteiger partial charge is 0.381 e. The second kappa shape index (κ2) is 9.18. The van der Waals surface area contributed by atoms with Crippen LogP contribution in [0.25, 0.3) is 0 Å². The van der Waals surface area contributed by atoms with Crippen LogP contribution in [0.5, 0.6) is 0 Å². The van der Waals surface area contributed by atoms with Crippen LogP contribution in [0.15, 0.2) is 52.1 Å². The highest BCUT2D eigenvalue weighted by Gasteiger charge is 2.37. The van der Waals surface area contributed by atoms with Crippen LogP contribution in [0.3, 0.4) is 0 Å². The summed E-state index contributed by atoms with van der Waals surface area (Å²) < 4.78 is 32.8. The number of thiophene rings is 1. The number of hydrogen-bond donors (Lipinski definition) is 1. The Morgan fingerprint density at radius 3 is 2.43 bits per heavy atom. The summed E-state index contributed by atoms with van der Waals surface area (Å²) >= 11 is 1.23. The van der Waals surface area contributed by atoms with Crippen LogP contribution in [-0.2, 0) is 25.0 Å². The van der Waals surface area contributed by atoms with Gasteiger partial charge in [-0.25, -0.2) is 8.42 Å². The molecule has 1 amide bonds. The zero-order chi connectivity index (χ0) is 21.0. The van der Waals surface area contributed by atoms with E-state index in [2.05, 4.69) is 17.4 Å². The Morgan fingerprint density at radius 1 is 1.10 bits per heavy atom. The molecular formula is C22H28N2O4S2. The Balaban J connectivity index is 1.35. The first kappa shape index (κ1) is 21.5. The molecule has 0 unspecified atom stereocenters. The average molecular weight is 449 g/mol. The van der Waals surface area contributed by atoms with Crippen LogP contribution in [0.4, 0.5) is 0 Å². The maximum atomic E-state index is 12.9. The third-order valence-corrected chi connectivity index (χ3v) is 9.62. The lowest BCUT2D eigenvalue weighted by Gasteiger charge is -2.38. The van der Waals surface area contributed by atoms with Crippen LogP contribution in [0.2, 0.25) is 0 Å². The van der Waals surface area contributed by atoms with E-state index in [9.17, 15) is 13.2 Å². The minimum atomic E-state index is -3.44. The SMILES string of the molecule is O=C(NCC1(c2ccccc2)CCOCC1)C1CCN(S(=O)(=O)c2cccs2)CC1. The average Bonchev–Trinajstić information content (AvgIpc) is 3.35. The molecule has 0 spiro atoms. The molecule has 2 aliphatic heterocycles. The fourth-order valence-corrected chi connectivity index (χ4v) is 7.03. The van der Waals surface area contributed by atoms with Gasteiger partial charge >= 0.3 is 0 Å². The number of rotatable bonds is 6. The molecule has 1 aromatic carbocycles. The van der Waals surface area contributed by atoms with Crippen molar-refractivity contribution < 1.29 is 17.9 Å². The van der Waals surface area contributed by atoms with Crippen molar-refractivity contribution in [3.05, 3.63) is 53.4 Å². The molecule has 0 saturated carbocycles. The highest BCUT2D eigenvalue weighted by atomic mass is 32.2. The van der Waals surface area contributed by atoms with Gasteiger partial charge in [-0.1, -0.05) is 36.4 Å². The number of hydrogen-bond acceptors (Lipinski definition) is 5. The lowest BCUT2D eigenvalue weighted by molar-refractivity contribution is -0.126. The third-order valence-electron chi connectivity index (χ3n) is 6.35. The molecule has 162 valence electrons. The predicted octanol–water partition coefficient (Wildman–Crippen LogP) is 3.01. The first-order chi connectivity index (χ1) is 14.5. The van der Waals surface area contributed by atoms with Crippen molar-refractivity contribution in [2.45, 2.75) is 35.3 Å². The molecule has 1 N–H and O–H groups in total. The van der Waals surface area contributed by atoms with E-state index in [0.29, 0.717) is 49.9 Å². The number of ether oxygens (including phenoxy) is 1. The highest BCUT2D eigenvalue weighted by Crippen LogP contribution is 2.34. The second-order valence-electron chi connectivity index (χ2n) is 8.09. The van der Waals surface area contributed by atoms with E-state index in [-0.39, 0.29) is 17.2 Å². The molecule has 2 aromatic rings. The summed E-state index contributed by atoms with van der Waals surface area (Å²) in [5.41, 5.74) is 1.14. The van der Waals surface area contributed by atoms with Gasteiger partial charge in [0, 0.05) is 44.2 Å². The molecule has 1 aromatic heterocycles. The van der Waals surface area contributed by atoms with E-state index in [1.807, 2.05) is 18.2 Å². The molecule has 0 aliphatic carbocycles. The molecule has 6 nitrogen and oxygen atoms in total. The molecule has 4 rings (SSSR count). The summed E-state index contributed by atoms with van der Waals surface area (Å²) in [5.74, 6) is -0.114. The summed E-state index contributed by atoms with van der Waals surface area (Å²) in [7, 11) is -3.44. The minimum Gasteiger partial charge on any atom is -0.381 e. The van der Waals surface area contributed by atoms with Crippen LogP contribution >= 0.6 is 11.3 Å². The number of nitrogens with zero attached hydrogens (tertiary/aromatic N) is 1.